The number of anilines is 1. The van der Waals surface area contributed by atoms with Gasteiger partial charge in [0.2, 0.25) is 5.91 Å². The van der Waals surface area contributed by atoms with Crippen molar-refractivity contribution in [3.05, 3.63) is 38.4 Å². The first-order valence-corrected chi connectivity index (χ1v) is 8.06. The number of unbranched alkanes of at least 4 members (excludes halogenated alkanes) is 2. The largest absolute Gasteiger partial charge is 0.480 e. The van der Waals surface area contributed by atoms with Crippen LogP contribution < -0.4 is 10.6 Å². The summed E-state index contributed by atoms with van der Waals surface area (Å²) in [5.74, 6) is -1.81. The van der Waals surface area contributed by atoms with Gasteiger partial charge in [0.1, 0.15) is 11.7 Å². The van der Waals surface area contributed by atoms with Gasteiger partial charge in [0.15, 0.2) is 0 Å². The summed E-state index contributed by atoms with van der Waals surface area (Å²) < 4.78 is 0. The summed E-state index contributed by atoms with van der Waals surface area (Å²) >= 11 is 0. The Morgan fingerprint density at radius 1 is 1.11 bits per heavy atom. The van der Waals surface area contributed by atoms with Gasteiger partial charge in [-0.05, 0) is 18.9 Å². The topological polar surface area (TPSA) is 185 Å². The Morgan fingerprint density at radius 2 is 1.81 bits per heavy atom. The van der Waals surface area contributed by atoms with Crippen LogP contribution in [0.5, 0.6) is 0 Å². The minimum absolute atomic E-state index is 0.0848. The molecule has 4 N–H and O–H groups in total. The van der Waals surface area contributed by atoms with Crippen LogP contribution in [-0.2, 0) is 9.59 Å². The SMILES string of the molecule is O=C(CCCCCNc1ccc([N+](=O)[O-])cc1[N+](=O)[O-])N[C@@H](CO)C(=O)O. The third-order valence-corrected chi connectivity index (χ3v) is 3.60. The van der Waals surface area contributed by atoms with Crippen molar-refractivity contribution in [1.29, 1.82) is 0 Å². The first-order chi connectivity index (χ1) is 12.8. The van der Waals surface area contributed by atoms with Crippen LogP contribution in [0.2, 0.25) is 0 Å². The van der Waals surface area contributed by atoms with Gasteiger partial charge in [0.05, 0.1) is 22.5 Å². The van der Waals surface area contributed by atoms with Crippen LogP contribution >= 0.6 is 0 Å². The van der Waals surface area contributed by atoms with Crippen molar-refractivity contribution < 1.29 is 29.6 Å². The fraction of sp³-hybridized carbons (Fsp3) is 0.467. The minimum Gasteiger partial charge on any atom is -0.480 e. The molecule has 0 aliphatic rings. The Balaban J connectivity index is 2.38. The predicted molar refractivity (Wildman–Crippen MR) is 93.4 cm³/mol. The Hall–Kier alpha value is -3.28. The molecule has 0 bridgehead atoms. The van der Waals surface area contributed by atoms with Gasteiger partial charge in [-0.3, -0.25) is 25.0 Å². The lowest BCUT2D eigenvalue weighted by atomic mass is 10.1. The molecule has 0 radical (unpaired) electrons. The molecule has 1 aromatic carbocycles. The first kappa shape index (κ1) is 21.8. The molecule has 0 saturated heterocycles. The number of benzene rings is 1. The van der Waals surface area contributed by atoms with E-state index in [9.17, 15) is 29.8 Å². The number of nitrogens with one attached hydrogen (secondary N) is 2. The van der Waals surface area contributed by atoms with Gasteiger partial charge in [-0.25, -0.2) is 4.79 Å². The van der Waals surface area contributed by atoms with E-state index >= 15 is 0 Å². The summed E-state index contributed by atoms with van der Waals surface area (Å²) in [6.45, 7) is -0.340. The lowest BCUT2D eigenvalue weighted by Gasteiger charge is -2.11. The van der Waals surface area contributed by atoms with E-state index in [-0.39, 0.29) is 17.8 Å². The van der Waals surface area contributed by atoms with Crippen LogP contribution in [-0.4, -0.2) is 51.1 Å². The number of aliphatic carboxylic acids is 1. The standard InChI is InChI=1S/C15H20N4O8/c20-9-12(15(22)23)17-14(21)4-2-1-3-7-16-11-6-5-10(18(24)25)8-13(11)19(26)27/h5-6,8,12,16,20H,1-4,7,9H2,(H,17,21)(H,22,23)/t12-/m0/s1. The molecule has 0 aliphatic heterocycles. The number of carboxylic acid groups (broad SMARTS) is 1. The fourth-order valence-electron chi connectivity index (χ4n) is 2.20. The number of hydrogen-bond donors (Lipinski definition) is 4. The quantitative estimate of drug-likeness (QED) is 0.232. The maximum absolute atomic E-state index is 11.5. The molecule has 27 heavy (non-hydrogen) atoms. The van der Waals surface area contributed by atoms with Crippen molar-refractivity contribution in [2.45, 2.75) is 31.7 Å². The number of aliphatic hydroxyl groups excluding tert-OH is 1. The van der Waals surface area contributed by atoms with E-state index in [1.165, 1.54) is 12.1 Å². The van der Waals surface area contributed by atoms with E-state index in [0.29, 0.717) is 25.8 Å². The number of aliphatic hydroxyl groups is 1. The number of carbonyl (C=O) groups excluding carboxylic acids is 1. The summed E-state index contributed by atoms with van der Waals surface area (Å²) in [6.07, 6.45) is 1.72. The predicted octanol–water partition coefficient (Wildman–Crippen LogP) is 1.04. The molecule has 1 atom stereocenters. The first-order valence-electron chi connectivity index (χ1n) is 8.06. The third-order valence-electron chi connectivity index (χ3n) is 3.60. The number of amides is 1. The normalized spacial score (nSPS) is 11.4. The van der Waals surface area contributed by atoms with Gasteiger partial charge in [-0.15, -0.1) is 0 Å². The van der Waals surface area contributed by atoms with Crippen molar-refractivity contribution in [3.63, 3.8) is 0 Å². The summed E-state index contributed by atoms with van der Waals surface area (Å²) in [4.78, 5) is 42.5. The summed E-state index contributed by atoms with van der Waals surface area (Å²) in [5, 5.41) is 44.2. The molecule has 0 unspecified atom stereocenters. The maximum Gasteiger partial charge on any atom is 0.328 e. The molecule has 1 amide bonds. The second-order valence-corrected chi connectivity index (χ2v) is 5.59. The van der Waals surface area contributed by atoms with E-state index in [2.05, 4.69) is 10.6 Å². The zero-order valence-corrected chi connectivity index (χ0v) is 14.3. The molecule has 1 aromatic rings. The van der Waals surface area contributed by atoms with Crippen LogP contribution in [0.15, 0.2) is 18.2 Å². The fourth-order valence-corrected chi connectivity index (χ4v) is 2.20. The molecule has 148 valence electrons. The van der Waals surface area contributed by atoms with Crippen LogP contribution in [0.1, 0.15) is 25.7 Å². The van der Waals surface area contributed by atoms with Crippen molar-refractivity contribution in [1.82, 2.24) is 5.32 Å². The number of rotatable bonds is 12. The van der Waals surface area contributed by atoms with E-state index in [1.807, 2.05) is 0 Å². The van der Waals surface area contributed by atoms with Crippen LogP contribution in [0.3, 0.4) is 0 Å². The average Bonchev–Trinajstić information content (AvgIpc) is 2.61. The molecule has 0 spiro atoms. The van der Waals surface area contributed by atoms with Crippen molar-refractivity contribution >= 4 is 28.9 Å². The highest BCUT2D eigenvalue weighted by molar-refractivity contribution is 5.83. The summed E-state index contributed by atoms with van der Waals surface area (Å²) in [6, 6.07) is 1.98. The van der Waals surface area contributed by atoms with Crippen LogP contribution in [0.4, 0.5) is 17.1 Å². The highest BCUT2D eigenvalue weighted by Gasteiger charge is 2.19. The Morgan fingerprint density at radius 3 is 2.37 bits per heavy atom. The van der Waals surface area contributed by atoms with Crippen molar-refractivity contribution in [2.75, 3.05) is 18.5 Å². The molecule has 0 aliphatic carbocycles. The van der Waals surface area contributed by atoms with Gasteiger partial charge < -0.3 is 20.8 Å². The molecule has 0 aromatic heterocycles. The van der Waals surface area contributed by atoms with E-state index in [1.54, 1.807) is 0 Å². The Labute approximate surface area is 153 Å². The number of carbonyl (C=O) groups is 2. The van der Waals surface area contributed by atoms with Crippen LogP contribution in [0, 0.1) is 20.2 Å². The minimum atomic E-state index is -1.33. The summed E-state index contributed by atoms with van der Waals surface area (Å²) in [7, 11) is 0. The highest BCUT2D eigenvalue weighted by atomic mass is 16.6. The molecule has 0 saturated carbocycles. The number of nitro benzene ring substituents is 2. The van der Waals surface area contributed by atoms with Crippen molar-refractivity contribution in [3.8, 4) is 0 Å². The molecule has 0 heterocycles. The molecule has 0 fully saturated rings. The Kier molecular flexibility index (Phi) is 8.59. The maximum atomic E-state index is 11.5. The number of nitro groups is 2. The van der Waals surface area contributed by atoms with Crippen LogP contribution in [0.25, 0.3) is 0 Å². The van der Waals surface area contributed by atoms with Gasteiger partial charge in [0, 0.05) is 19.0 Å². The molecule has 12 heteroatoms. The van der Waals surface area contributed by atoms with Gasteiger partial charge in [0.25, 0.3) is 11.4 Å². The van der Waals surface area contributed by atoms with E-state index in [0.717, 1.165) is 6.07 Å². The molecular weight excluding hydrogens is 364 g/mol. The van der Waals surface area contributed by atoms with E-state index in [4.69, 9.17) is 10.2 Å². The van der Waals surface area contributed by atoms with Gasteiger partial charge >= 0.3 is 5.97 Å². The number of carboxylic acids is 1. The second-order valence-electron chi connectivity index (χ2n) is 5.59. The average molecular weight is 384 g/mol. The highest BCUT2D eigenvalue weighted by Crippen LogP contribution is 2.28. The number of non-ortho nitro benzene ring substituents is 1. The lowest BCUT2D eigenvalue weighted by Crippen LogP contribution is -2.43. The Bertz CT molecular complexity index is 709. The zero-order chi connectivity index (χ0) is 20.4. The molecule has 1 rings (SSSR count). The summed E-state index contributed by atoms with van der Waals surface area (Å²) in [5.41, 5.74) is -0.608. The van der Waals surface area contributed by atoms with Gasteiger partial charge in [-0.1, -0.05) is 6.42 Å². The van der Waals surface area contributed by atoms with Gasteiger partial charge in [-0.2, -0.15) is 0 Å². The zero-order valence-electron chi connectivity index (χ0n) is 14.3. The lowest BCUT2D eigenvalue weighted by molar-refractivity contribution is -0.393. The van der Waals surface area contributed by atoms with E-state index < -0.39 is 40.1 Å². The monoisotopic (exact) mass is 384 g/mol. The number of nitrogens with zero attached hydrogens (tertiary/aromatic N) is 2. The van der Waals surface area contributed by atoms with Crippen molar-refractivity contribution in [2.24, 2.45) is 0 Å². The second kappa shape index (κ2) is 10.7. The smallest absolute Gasteiger partial charge is 0.328 e. The molecule has 12 nitrogen and oxygen atoms in total. The molecular formula is C15H20N4O8. The third kappa shape index (κ3) is 7.23. The number of hydrogen-bond acceptors (Lipinski definition) is 8.